The topological polar surface area (TPSA) is 3.24 Å². The van der Waals surface area contributed by atoms with Gasteiger partial charge in [-0.05, 0) is 37.6 Å². The lowest BCUT2D eigenvalue weighted by atomic mass is 9.77. The minimum absolute atomic E-state index is 0.888. The molecule has 12 heavy (non-hydrogen) atoms. The molecular weight excluding hydrogens is 146 g/mol. The second-order valence-electron chi connectivity index (χ2n) is 4.92. The highest BCUT2D eigenvalue weighted by molar-refractivity contribution is 4.91. The van der Waals surface area contributed by atoms with E-state index in [-0.39, 0.29) is 0 Å². The molecule has 0 aromatic heterocycles. The summed E-state index contributed by atoms with van der Waals surface area (Å²) in [7, 11) is 2.31. The van der Waals surface area contributed by atoms with Gasteiger partial charge in [-0.1, -0.05) is 20.3 Å². The van der Waals surface area contributed by atoms with Crippen molar-refractivity contribution in [3.8, 4) is 0 Å². The molecule has 2 bridgehead atoms. The van der Waals surface area contributed by atoms with Crippen molar-refractivity contribution >= 4 is 0 Å². The van der Waals surface area contributed by atoms with Crippen LogP contribution in [0.25, 0.3) is 0 Å². The van der Waals surface area contributed by atoms with Crippen LogP contribution in [0.15, 0.2) is 0 Å². The van der Waals surface area contributed by atoms with E-state index >= 15 is 0 Å². The molecule has 70 valence electrons. The fourth-order valence-corrected chi connectivity index (χ4v) is 3.28. The van der Waals surface area contributed by atoms with Crippen molar-refractivity contribution < 1.29 is 0 Å². The molecule has 1 heteroatoms. The zero-order valence-electron chi connectivity index (χ0n) is 8.59. The van der Waals surface area contributed by atoms with E-state index in [1.165, 1.54) is 25.8 Å². The lowest BCUT2D eigenvalue weighted by molar-refractivity contribution is 0.0552. The van der Waals surface area contributed by atoms with E-state index in [9.17, 15) is 0 Å². The van der Waals surface area contributed by atoms with Gasteiger partial charge >= 0.3 is 0 Å². The summed E-state index contributed by atoms with van der Waals surface area (Å²) in [6.45, 7) is 6.26. The molecule has 0 N–H and O–H groups in total. The summed E-state index contributed by atoms with van der Waals surface area (Å²) >= 11 is 0. The first-order valence-electron chi connectivity index (χ1n) is 5.40. The van der Waals surface area contributed by atoms with Crippen molar-refractivity contribution in [2.24, 2.45) is 17.8 Å². The van der Waals surface area contributed by atoms with Gasteiger partial charge in [0.2, 0.25) is 0 Å². The number of hydrogen-bond donors (Lipinski definition) is 0. The van der Waals surface area contributed by atoms with Crippen LogP contribution in [0.2, 0.25) is 0 Å². The Hall–Kier alpha value is -0.0400. The fraction of sp³-hybridized carbons (Fsp3) is 1.00. The standard InChI is InChI=1S/C11H21N/c1-8-9(2)11-6-4-5-10(8)7-12(11)3/h8-11H,4-7H2,1-3H3. The number of fused-ring (bicyclic) bond motifs is 4. The highest BCUT2D eigenvalue weighted by Crippen LogP contribution is 2.40. The van der Waals surface area contributed by atoms with Crippen LogP contribution < -0.4 is 0 Å². The van der Waals surface area contributed by atoms with Crippen LogP contribution in [-0.2, 0) is 0 Å². The lowest BCUT2D eigenvalue weighted by Crippen LogP contribution is -2.47. The van der Waals surface area contributed by atoms with E-state index in [2.05, 4.69) is 25.8 Å². The average Bonchev–Trinajstić information content (AvgIpc) is 2.29. The predicted octanol–water partition coefficient (Wildman–Crippen LogP) is 2.37. The molecule has 0 aromatic rings. The van der Waals surface area contributed by atoms with Crippen LogP contribution in [0.4, 0.5) is 0 Å². The predicted molar refractivity (Wildman–Crippen MR) is 52.1 cm³/mol. The Bertz CT molecular complexity index is 164. The van der Waals surface area contributed by atoms with Crippen LogP contribution in [0.5, 0.6) is 0 Å². The van der Waals surface area contributed by atoms with Crippen molar-refractivity contribution in [3.63, 3.8) is 0 Å². The summed E-state index contributed by atoms with van der Waals surface area (Å²) in [5.41, 5.74) is 0. The third-order valence-electron chi connectivity index (χ3n) is 4.34. The molecular formula is C11H21N. The number of hydrogen-bond acceptors (Lipinski definition) is 1. The third-order valence-corrected chi connectivity index (χ3v) is 4.34. The van der Waals surface area contributed by atoms with Gasteiger partial charge in [-0.25, -0.2) is 0 Å². The van der Waals surface area contributed by atoms with Crippen molar-refractivity contribution in [2.45, 2.75) is 39.2 Å². The summed E-state index contributed by atoms with van der Waals surface area (Å²) in [6.07, 6.45) is 4.39. The SMILES string of the molecule is CC1C2CCCC(C1C)N(C)C2. The zero-order valence-corrected chi connectivity index (χ0v) is 8.59. The fourth-order valence-electron chi connectivity index (χ4n) is 3.28. The molecule has 0 amide bonds. The maximum atomic E-state index is 2.60. The quantitative estimate of drug-likeness (QED) is 0.535. The maximum Gasteiger partial charge on any atom is 0.0121 e. The van der Waals surface area contributed by atoms with Crippen LogP contribution in [0.3, 0.4) is 0 Å². The van der Waals surface area contributed by atoms with Gasteiger partial charge in [0.25, 0.3) is 0 Å². The molecule has 1 aliphatic carbocycles. The van der Waals surface area contributed by atoms with Crippen LogP contribution in [0, 0.1) is 17.8 Å². The Morgan fingerprint density at radius 1 is 1.08 bits per heavy atom. The summed E-state index contributed by atoms with van der Waals surface area (Å²) in [5, 5.41) is 0. The molecule has 0 radical (unpaired) electrons. The van der Waals surface area contributed by atoms with Gasteiger partial charge < -0.3 is 4.90 Å². The molecule has 0 aromatic carbocycles. The van der Waals surface area contributed by atoms with Gasteiger partial charge in [-0.15, -0.1) is 0 Å². The molecule has 1 saturated carbocycles. The van der Waals surface area contributed by atoms with Crippen molar-refractivity contribution in [1.82, 2.24) is 4.90 Å². The monoisotopic (exact) mass is 167 g/mol. The molecule has 2 saturated heterocycles. The average molecular weight is 167 g/mol. The van der Waals surface area contributed by atoms with Gasteiger partial charge in [0, 0.05) is 12.6 Å². The molecule has 0 spiro atoms. The van der Waals surface area contributed by atoms with Gasteiger partial charge in [0.1, 0.15) is 0 Å². The molecule has 3 fully saturated rings. The molecule has 4 unspecified atom stereocenters. The minimum atomic E-state index is 0.888. The number of piperidine rings is 1. The smallest absolute Gasteiger partial charge is 0.0121 e. The van der Waals surface area contributed by atoms with Gasteiger partial charge in [0.15, 0.2) is 0 Å². The maximum absolute atomic E-state index is 2.60. The highest BCUT2D eigenvalue weighted by atomic mass is 15.1. The van der Waals surface area contributed by atoms with Crippen molar-refractivity contribution in [1.29, 1.82) is 0 Å². The van der Waals surface area contributed by atoms with E-state index in [1.807, 2.05) is 0 Å². The van der Waals surface area contributed by atoms with Gasteiger partial charge in [0.05, 0.1) is 0 Å². The first kappa shape index (κ1) is 8.55. The summed E-state index contributed by atoms with van der Waals surface area (Å²) < 4.78 is 0. The third kappa shape index (κ3) is 1.19. The summed E-state index contributed by atoms with van der Waals surface area (Å²) in [5.74, 6) is 2.88. The van der Waals surface area contributed by atoms with Crippen LogP contribution in [-0.4, -0.2) is 24.5 Å². The number of nitrogens with zero attached hydrogens (tertiary/aromatic N) is 1. The molecule has 1 nitrogen and oxygen atoms in total. The Kier molecular flexibility index (Phi) is 2.16. The molecule has 3 rings (SSSR count). The van der Waals surface area contributed by atoms with Crippen molar-refractivity contribution in [3.05, 3.63) is 0 Å². The molecule has 4 atom stereocenters. The van der Waals surface area contributed by atoms with E-state index < -0.39 is 0 Å². The Morgan fingerprint density at radius 3 is 2.58 bits per heavy atom. The largest absolute Gasteiger partial charge is 0.303 e. The highest BCUT2D eigenvalue weighted by Gasteiger charge is 2.39. The molecule has 3 aliphatic rings. The second kappa shape index (κ2) is 3.02. The van der Waals surface area contributed by atoms with Crippen molar-refractivity contribution in [2.75, 3.05) is 13.6 Å². The first-order valence-corrected chi connectivity index (χ1v) is 5.40. The van der Waals surface area contributed by atoms with Crippen LogP contribution in [0.1, 0.15) is 33.1 Å². The lowest BCUT2D eigenvalue weighted by Gasteiger charge is -2.43. The molecule has 2 aliphatic heterocycles. The Labute approximate surface area is 76.1 Å². The zero-order chi connectivity index (χ0) is 8.72. The Morgan fingerprint density at radius 2 is 1.83 bits per heavy atom. The van der Waals surface area contributed by atoms with Gasteiger partial charge in [-0.2, -0.15) is 0 Å². The summed E-state index contributed by atoms with van der Waals surface area (Å²) in [6, 6.07) is 0.888. The first-order chi connectivity index (χ1) is 5.70. The van der Waals surface area contributed by atoms with E-state index in [0.717, 1.165) is 23.8 Å². The molecule has 2 heterocycles. The van der Waals surface area contributed by atoms with Crippen LogP contribution >= 0.6 is 0 Å². The second-order valence-corrected chi connectivity index (χ2v) is 4.92. The van der Waals surface area contributed by atoms with E-state index in [1.54, 1.807) is 0 Å². The normalized spacial score (nSPS) is 49.2. The van der Waals surface area contributed by atoms with E-state index in [4.69, 9.17) is 0 Å². The van der Waals surface area contributed by atoms with E-state index in [0.29, 0.717) is 0 Å². The van der Waals surface area contributed by atoms with Gasteiger partial charge in [-0.3, -0.25) is 0 Å². The summed E-state index contributed by atoms with van der Waals surface area (Å²) in [4.78, 5) is 2.60. The minimum Gasteiger partial charge on any atom is -0.303 e. The Balaban J connectivity index is 2.20. The number of rotatable bonds is 0.